The van der Waals surface area contributed by atoms with E-state index in [2.05, 4.69) is 10.2 Å². The first-order chi connectivity index (χ1) is 12.1. The molecule has 0 aliphatic heterocycles. The van der Waals surface area contributed by atoms with Crippen molar-refractivity contribution in [2.75, 3.05) is 7.05 Å². The van der Waals surface area contributed by atoms with Crippen LogP contribution in [0.4, 0.5) is 0 Å². The van der Waals surface area contributed by atoms with Gasteiger partial charge in [-0.25, -0.2) is 0 Å². The number of halogens is 1. The van der Waals surface area contributed by atoms with Gasteiger partial charge in [0.1, 0.15) is 6.33 Å². The van der Waals surface area contributed by atoms with E-state index in [9.17, 15) is 4.79 Å². The molecule has 0 N–H and O–H groups in total. The molecule has 3 rings (SSSR count). The van der Waals surface area contributed by atoms with Crippen LogP contribution < -0.4 is 0 Å². The number of nitrogens with zero attached hydrogens (tertiary/aromatic N) is 4. The van der Waals surface area contributed by atoms with Gasteiger partial charge in [-0.1, -0.05) is 48.7 Å². The van der Waals surface area contributed by atoms with Crippen molar-refractivity contribution >= 4 is 29.3 Å². The van der Waals surface area contributed by atoms with E-state index in [-0.39, 0.29) is 11.2 Å². The van der Waals surface area contributed by atoms with Crippen molar-refractivity contribution in [2.45, 2.75) is 55.5 Å². The van der Waals surface area contributed by atoms with Gasteiger partial charge in [0.05, 0.1) is 10.9 Å². The molecule has 0 radical (unpaired) electrons. The molecule has 25 heavy (non-hydrogen) atoms. The number of amides is 1. The van der Waals surface area contributed by atoms with Crippen molar-refractivity contribution in [3.63, 3.8) is 0 Å². The van der Waals surface area contributed by atoms with Gasteiger partial charge in [0.2, 0.25) is 5.91 Å². The van der Waals surface area contributed by atoms with Crippen LogP contribution in [-0.4, -0.2) is 43.9 Å². The van der Waals surface area contributed by atoms with E-state index in [0.717, 1.165) is 18.5 Å². The molecule has 7 heteroatoms. The lowest BCUT2D eigenvalue weighted by Crippen LogP contribution is -2.42. The molecule has 2 aromatic rings. The smallest absolute Gasteiger partial charge is 0.235 e. The first kappa shape index (κ1) is 18.3. The molecule has 0 spiro atoms. The fraction of sp³-hybridized carbons (Fsp3) is 0.500. The zero-order valence-corrected chi connectivity index (χ0v) is 16.1. The Labute approximate surface area is 157 Å². The zero-order valence-electron chi connectivity index (χ0n) is 14.6. The lowest BCUT2D eigenvalue weighted by Gasteiger charge is -2.32. The Morgan fingerprint density at radius 3 is 2.84 bits per heavy atom. The molecular formula is C18H23ClN4OS. The Kier molecular flexibility index (Phi) is 6.02. The molecule has 1 aromatic carbocycles. The number of benzene rings is 1. The predicted octanol–water partition coefficient (Wildman–Crippen LogP) is 4.19. The van der Waals surface area contributed by atoms with Gasteiger partial charge in [-0.3, -0.25) is 9.36 Å². The maximum Gasteiger partial charge on any atom is 0.235 e. The lowest BCUT2D eigenvalue weighted by atomic mass is 9.94. The second-order valence-corrected chi connectivity index (χ2v) is 8.21. The molecule has 0 unspecified atom stereocenters. The largest absolute Gasteiger partial charge is 0.342 e. The van der Waals surface area contributed by atoms with Gasteiger partial charge in [0, 0.05) is 18.1 Å². The maximum absolute atomic E-state index is 12.8. The standard InChI is InChI=1S/C18H23ClN4OS/c1-13(17(24)22(2)15-8-4-3-5-9-15)25-18-21-20-12-23(18)16-10-6-7-14(19)11-16/h6-7,10-13,15H,3-5,8-9H2,1-2H3/t13-/m1/s1. The van der Waals surface area contributed by atoms with Crippen LogP contribution in [0.15, 0.2) is 35.7 Å². The Bertz CT molecular complexity index is 729. The molecule has 1 aliphatic rings. The quantitative estimate of drug-likeness (QED) is 0.732. The van der Waals surface area contributed by atoms with E-state index >= 15 is 0 Å². The molecule has 1 fully saturated rings. The SMILES string of the molecule is C[C@@H](Sc1nncn1-c1cccc(Cl)c1)C(=O)N(C)C1CCCCC1. The minimum absolute atomic E-state index is 0.151. The van der Waals surface area contributed by atoms with Crippen molar-refractivity contribution in [3.8, 4) is 5.69 Å². The summed E-state index contributed by atoms with van der Waals surface area (Å²) < 4.78 is 1.86. The van der Waals surface area contributed by atoms with Gasteiger partial charge >= 0.3 is 0 Å². The Balaban J connectivity index is 1.70. The predicted molar refractivity (Wildman–Crippen MR) is 101 cm³/mol. The third-order valence-corrected chi connectivity index (χ3v) is 5.98. The minimum atomic E-state index is -0.214. The third kappa shape index (κ3) is 4.36. The number of thioether (sulfide) groups is 1. The van der Waals surface area contributed by atoms with Crippen LogP contribution in [0.3, 0.4) is 0 Å². The summed E-state index contributed by atoms with van der Waals surface area (Å²) >= 11 is 7.51. The van der Waals surface area contributed by atoms with Gasteiger partial charge in [-0.2, -0.15) is 0 Å². The zero-order chi connectivity index (χ0) is 17.8. The van der Waals surface area contributed by atoms with Crippen LogP contribution in [-0.2, 0) is 4.79 Å². The highest BCUT2D eigenvalue weighted by atomic mass is 35.5. The van der Waals surface area contributed by atoms with E-state index in [0.29, 0.717) is 16.2 Å². The molecule has 1 heterocycles. The molecule has 1 atom stereocenters. The second kappa shape index (κ2) is 8.23. The van der Waals surface area contributed by atoms with Gasteiger partial charge < -0.3 is 4.90 Å². The molecular weight excluding hydrogens is 356 g/mol. The lowest BCUT2D eigenvalue weighted by molar-refractivity contribution is -0.131. The summed E-state index contributed by atoms with van der Waals surface area (Å²) in [7, 11) is 1.93. The Morgan fingerprint density at radius 2 is 2.12 bits per heavy atom. The van der Waals surface area contributed by atoms with Gasteiger partial charge in [-0.05, 0) is 38.0 Å². The van der Waals surface area contributed by atoms with E-state index < -0.39 is 0 Å². The van der Waals surface area contributed by atoms with Crippen molar-refractivity contribution in [3.05, 3.63) is 35.6 Å². The average molecular weight is 379 g/mol. The summed E-state index contributed by atoms with van der Waals surface area (Å²) in [5, 5.41) is 9.31. The first-order valence-electron chi connectivity index (χ1n) is 8.65. The van der Waals surface area contributed by atoms with Crippen molar-refractivity contribution in [1.29, 1.82) is 0 Å². The maximum atomic E-state index is 12.8. The average Bonchev–Trinajstić information content (AvgIpc) is 3.09. The minimum Gasteiger partial charge on any atom is -0.342 e. The topological polar surface area (TPSA) is 51.0 Å². The molecule has 0 saturated heterocycles. The van der Waals surface area contributed by atoms with Crippen LogP contribution in [0, 0.1) is 0 Å². The molecule has 1 saturated carbocycles. The van der Waals surface area contributed by atoms with Crippen molar-refractivity contribution in [2.24, 2.45) is 0 Å². The number of aromatic nitrogens is 3. The number of carbonyl (C=O) groups excluding carboxylic acids is 1. The summed E-state index contributed by atoms with van der Waals surface area (Å²) in [6.07, 6.45) is 7.58. The Morgan fingerprint density at radius 1 is 1.36 bits per heavy atom. The summed E-state index contributed by atoms with van der Waals surface area (Å²) in [4.78, 5) is 14.7. The van der Waals surface area contributed by atoms with Crippen LogP contribution >= 0.6 is 23.4 Å². The number of hydrogen-bond acceptors (Lipinski definition) is 4. The Hall–Kier alpha value is -1.53. The fourth-order valence-electron chi connectivity index (χ4n) is 3.25. The van der Waals surface area contributed by atoms with E-state index in [4.69, 9.17) is 11.6 Å². The van der Waals surface area contributed by atoms with Crippen molar-refractivity contribution in [1.82, 2.24) is 19.7 Å². The van der Waals surface area contributed by atoms with Gasteiger partial charge in [-0.15, -0.1) is 10.2 Å². The third-order valence-electron chi connectivity index (χ3n) is 4.70. The summed E-state index contributed by atoms with van der Waals surface area (Å²) in [5.74, 6) is 0.151. The molecule has 1 aliphatic carbocycles. The second-order valence-electron chi connectivity index (χ2n) is 6.46. The first-order valence-corrected chi connectivity index (χ1v) is 9.91. The highest BCUT2D eigenvalue weighted by Gasteiger charge is 2.27. The van der Waals surface area contributed by atoms with Crippen LogP contribution in [0.25, 0.3) is 5.69 Å². The van der Waals surface area contributed by atoms with Gasteiger partial charge in [0.15, 0.2) is 5.16 Å². The van der Waals surface area contributed by atoms with E-state index in [1.54, 1.807) is 6.33 Å². The van der Waals surface area contributed by atoms with E-state index in [1.165, 1.54) is 31.0 Å². The van der Waals surface area contributed by atoms with Crippen molar-refractivity contribution < 1.29 is 4.79 Å². The number of rotatable bonds is 5. The highest BCUT2D eigenvalue weighted by molar-refractivity contribution is 8.00. The van der Waals surface area contributed by atoms with Crippen LogP contribution in [0.1, 0.15) is 39.0 Å². The van der Waals surface area contributed by atoms with Crippen LogP contribution in [0.5, 0.6) is 0 Å². The van der Waals surface area contributed by atoms with Crippen LogP contribution in [0.2, 0.25) is 5.02 Å². The normalized spacial score (nSPS) is 16.6. The molecule has 0 bridgehead atoms. The highest BCUT2D eigenvalue weighted by Crippen LogP contribution is 2.28. The molecule has 1 aromatic heterocycles. The summed E-state index contributed by atoms with van der Waals surface area (Å²) in [5.41, 5.74) is 0.889. The monoisotopic (exact) mass is 378 g/mol. The number of carbonyl (C=O) groups is 1. The molecule has 5 nitrogen and oxygen atoms in total. The molecule has 1 amide bonds. The summed E-state index contributed by atoms with van der Waals surface area (Å²) in [6.45, 7) is 1.93. The molecule has 134 valence electrons. The van der Waals surface area contributed by atoms with Gasteiger partial charge in [0.25, 0.3) is 0 Å². The number of hydrogen-bond donors (Lipinski definition) is 0. The fourth-order valence-corrected chi connectivity index (χ4v) is 4.38. The summed E-state index contributed by atoms with van der Waals surface area (Å²) in [6, 6.07) is 7.88. The van der Waals surface area contributed by atoms with E-state index in [1.807, 2.05) is 47.7 Å².